The topological polar surface area (TPSA) is 48.0 Å². The second-order valence-electron chi connectivity index (χ2n) is 5.90. The van der Waals surface area contributed by atoms with Crippen LogP contribution >= 0.6 is 11.8 Å². The molecule has 132 valence electrons. The van der Waals surface area contributed by atoms with E-state index < -0.39 is 0 Å². The summed E-state index contributed by atoms with van der Waals surface area (Å²) in [5, 5.41) is 0.597. The molecule has 2 aliphatic heterocycles. The Morgan fingerprint density at radius 2 is 1.75 bits per heavy atom. The van der Waals surface area contributed by atoms with Crippen LogP contribution in [0.5, 0.6) is 17.2 Å². The maximum absolute atomic E-state index is 13.0. The van der Waals surface area contributed by atoms with Crippen LogP contribution in [0.2, 0.25) is 0 Å². The van der Waals surface area contributed by atoms with Crippen molar-refractivity contribution in [3.8, 4) is 17.2 Å². The summed E-state index contributed by atoms with van der Waals surface area (Å²) < 4.78 is 17.1. The highest BCUT2D eigenvalue weighted by Crippen LogP contribution is 2.42. The van der Waals surface area contributed by atoms with Crippen LogP contribution in [0.25, 0.3) is 0 Å². The minimum Gasteiger partial charge on any atom is -0.490 e. The van der Waals surface area contributed by atoms with Gasteiger partial charge < -0.3 is 19.1 Å². The van der Waals surface area contributed by atoms with Crippen LogP contribution in [0.4, 0.5) is 0 Å². The van der Waals surface area contributed by atoms with Gasteiger partial charge in [-0.1, -0.05) is 0 Å². The minimum atomic E-state index is 0.0627. The molecule has 2 saturated heterocycles. The maximum atomic E-state index is 13.0. The number of thioether (sulfide) groups is 1. The van der Waals surface area contributed by atoms with Crippen LogP contribution in [0.3, 0.4) is 0 Å². The predicted octanol–water partition coefficient (Wildman–Crippen LogP) is 3.21. The molecule has 2 aliphatic rings. The first kappa shape index (κ1) is 17.3. The summed E-state index contributed by atoms with van der Waals surface area (Å²) in [7, 11) is 0. The zero-order chi connectivity index (χ0) is 17.1. The molecule has 2 unspecified atom stereocenters. The fourth-order valence-corrected chi connectivity index (χ4v) is 4.76. The van der Waals surface area contributed by atoms with Gasteiger partial charge in [-0.05, 0) is 39.3 Å². The summed E-state index contributed by atoms with van der Waals surface area (Å²) in [5.74, 6) is 2.84. The van der Waals surface area contributed by atoms with Gasteiger partial charge in [0.2, 0.25) is 5.75 Å². The van der Waals surface area contributed by atoms with Gasteiger partial charge in [-0.2, -0.15) is 11.8 Å². The van der Waals surface area contributed by atoms with Crippen LogP contribution in [0, 0.1) is 0 Å². The van der Waals surface area contributed by atoms with Crippen molar-refractivity contribution in [1.82, 2.24) is 4.90 Å². The van der Waals surface area contributed by atoms with E-state index in [1.165, 1.54) is 0 Å². The number of amides is 1. The van der Waals surface area contributed by atoms with Crippen LogP contribution in [0.15, 0.2) is 12.1 Å². The van der Waals surface area contributed by atoms with Gasteiger partial charge in [-0.15, -0.1) is 0 Å². The molecule has 3 rings (SSSR count). The van der Waals surface area contributed by atoms with Crippen LogP contribution in [-0.2, 0) is 0 Å². The lowest BCUT2D eigenvalue weighted by molar-refractivity contribution is 0.0746. The lowest BCUT2D eigenvalue weighted by Gasteiger charge is -2.27. The molecule has 1 amide bonds. The van der Waals surface area contributed by atoms with E-state index in [2.05, 4.69) is 0 Å². The average Bonchev–Trinajstić information content (AvgIpc) is 3.20. The molecule has 0 radical (unpaired) electrons. The Kier molecular flexibility index (Phi) is 5.43. The first-order valence-electron chi connectivity index (χ1n) is 8.66. The normalized spacial score (nSPS) is 21.9. The molecule has 1 aromatic carbocycles. The fraction of sp³-hybridized carbons (Fsp3) is 0.611. The highest BCUT2D eigenvalue weighted by Gasteiger charge is 2.41. The lowest BCUT2D eigenvalue weighted by atomic mass is 10.1. The Morgan fingerprint density at radius 3 is 2.21 bits per heavy atom. The number of benzene rings is 1. The van der Waals surface area contributed by atoms with Gasteiger partial charge in [0.05, 0.1) is 19.8 Å². The fourth-order valence-electron chi connectivity index (χ4n) is 3.33. The summed E-state index contributed by atoms with van der Waals surface area (Å²) in [5.41, 5.74) is 0.614. The Bertz CT molecular complexity index is 580. The van der Waals surface area contributed by atoms with Crippen molar-refractivity contribution in [3.05, 3.63) is 17.7 Å². The number of hydrogen-bond acceptors (Lipinski definition) is 5. The van der Waals surface area contributed by atoms with E-state index in [0.717, 1.165) is 18.7 Å². The van der Waals surface area contributed by atoms with E-state index in [9.17, 15) is 4.79 Å². The van der Waals surface area contributed by atoms with Crippen LogP contribution in [0.1, 0.15) is 37.6 Å². The maximum Gasteiger partial charge on any atom is 0.254 e. The second-order valence-corrected chi connectivity index (χ2v) is 7.24. The van der Waals surface area contributed by atoms with Crippen molar-refractivity contribution < 1.29 is 19.0 Å². The first-order chi connectivity index (χ1) is 11.7. The summed E-state index contributed by atoms with van der Waals surface area (Å²) in [4.78, 5) is 15.0. The number of rotatable bonds is 7. The molecule has 0 aliphatic carbocycles. The molecule has 2 heterocycles. The van der Waals surface area contributed by atoms with E-state index in [4.69, 9.17) is 14.2 Å². The monoisotopic (exact) mass is 351 g/mol. The van der Waals surface area contributed by atoms with Crippen molar-refractivity contribution in [2.24, 2.45) is 0 Å². The molecule has 1 aromatic rings. The molecular weight excluding hydrogens is 326 g/mol. The summed E-state index contributed by atoms with van der Waals surface area (Å²) >= 11 is 1.98. The average molecular weight is 351 g/mol. The number of likely N-dealkylation sites (tertiary alicyclic amines) is 1. The highest BCUT2D eigenvalue weighted by atomic mass is 32.2. The molecule has 2 atom stereocenters. The quantitative estimate of drug-likeness (QED) is 0.755. The minimum absolute atomic E-state index is 0.0627. The van der Waals surface area contributed by atoms with E-state index >= 15 is 0 Å². The Labute approximate surface area is 147 Å². The molecule has 6 heteroatoms. The molecular formula is C18H25NO4S. The standard InChI is InChI=1S/C18H25NO4S/c1-4-21-15-7-12(8-16(22-5-2)17(15)23-6-3)18(20)19-10-14-9-13(19)11-24-14/h7-8,13-14H,4-6,9-11H2,1-3H3. The Morgan fingerprint density at radius 1 is 1.12 bits per heavy atom. The zero-order valence-corrected chi connectivity index (χ0v) is 15.4. The van der Waals surface area contributed by atoms with Crippen molar-refractivity contribution in [3.63, 3.8) is 0 Å². The number of carbonyl (C=O) groups is 1. The van der Waals surface area contributed by atoms with Gasteiger partial charge in [0, 0.05) is 29.2 Å². The predicted molar refractivity (Wildman–Crippen MR) is 95.6 cm³/mol. The number of hydrogen-bond donors (Lipinski definition) is 0. The number of ether oxygens (including phenoxy) is 3. The van der Waals surface area contributed by atoms with Crippen molar-refractivity contribution >= 4 is 17.7 Å². The van der Waals surface area contributed by atoms with Crippen molar-refractivity contribution in [2.45, 2.75) is 38.5 Å². The summed E-state index contributed by atoms with van der Waals surface area (Å²) in [6, 6.07) is 3.95. The molecule has 2 bridgehead atoms. The van der Waals surface area contributed by atoms with E-state index in [-0.39, 0.29) is 5.91 Å². The molecule has 5 nitrogen and oxygen atoms in total. The van der Waals surface area contributed by atoms with Crippen LogP contribution < -0.4 is 14.2 Å². The molecule has 2 fully saturated rings. The molecule has 0 aromatic heterocycles. The SMILES string of the molecule is CCOc1cc(C(=O)N2CC3CC2CS3)cc(OCC)c1OCC. The van der Waals surface area contributed by atoms with Gasteiger partial charge in [0.25, 0.3) is 5.91 Å². The molecule has 0 saturated carbocycles. The van der Waals surface area contributed by atoms with E-state index in [1.807, 2.05) is 37.4 Å². The van der Waals surface area contributed by atoms with Gasteiger partial charge in [-0.3, -0.25) is 4.79 Å². The largest absolute Gasteiger partial charge is 0.490 e. The first-order valence-corrected chi connectivity index (χ1v) is 9.71. The lowest BCUT2D eigenvalue weighted by Crippen LogP contribution is -2.39. The number of carbonyl (C=O) groups excluding carboxylic acids is 1. The second kappa shape index (κ2) is 7.55. The van der Waals surface area contributed by atoms with E-state index in [1.54, 1.807) is 12.1 Å². The highest BCUT2D eigenvalue weighted by molar-refractivity contribution is 8.00. The third-order valence-corrected chi connectivity index (χ3v) is 5.71. The number of fused-ring (bicyclic) bond motifs is 2. The third-order valence-electron chi connectivity index (χ3n) is 4.32. The number of nitrogens with zero attached hydrogens (tertiary/aromatic N) is 1. The van der Waals surface area contributed by atoms with Gasteiger partial charge >= 0.3 is 0 Å². The Balaban J connectivity index is 1.93. The van der Waals surface area contributed by atoms with Gasteiger partial charge in [-0.25, -0.2) is 0 Å². The Hall–Kier alpha value is -1.56. The molecule has 0 spiro atoms. The van der Waals surface area contributed by atoms with Crippen molar-refractivity contribution in [2.75, 3.05) is 32.1 Å². The van der Waals surface area contributed by atoms with Crippen molar-refractivity contribution in [1.29, 1.82) is 0 Å². The zero-order valence-electron chi connectivity index (χ0n) is 14.5. The van der Waals surface area contributed by atoms with Gasteiger partial charge in [0.15, 0.2) is 11.5 Å². The van der Waals surface area contributed by atoms with E-state index in [0.29, 0.717) is 53.9 Å². The summed E-state index contributed by atoms with van der Waals surface area (Å²) in [6.07, 6.45) is 1.12. The third kappa shape index (κ3) is 3.29. The molecule has 24 heavy (non-hydrogen) atoms. The van der Waals surface area contributed by atoms with Crippen LogP contribution in [-0.4, -0.2) is 54.2 Å². The van der Waals surface area contributed by atoms with Gasteiger partial charge in [0.1, 0.15) is 0 Å². The smallest absolute Gasteiger partial charge is 0.254 e. The molecule has 0 N–H and O–H groups in total. The summed E-state index contributed by atoms with van der Waals surface area (Å²) in [6.45, 7) is 8.13.